The second-order valence-corrected chi connectivity index (χ2v) is 6.77. The van der Waals surface area contributed by atoms with E-state index in [9.17, 15) is 0 Å². The van der Waals surface area contributed by atoms with Crippen molar-refractivity contribution in [3.63, 3.8) is 0 Å². The smallest absolute Gasteiger partial charge is 0.0788 e. The highest BCUT2D eigenvalue weighted by Gasteiger charge is 2.30. The molecule has 1 heterocycles. The molecular formula is C18H38FN. The van der Waals surface area contributed by atoms with Gasteiger partial charge in [-0.1, -0.05) is 58.8 Å². The number of halogens is 1. The fourth-order valence-electron chi connectivity index (χ4n) is 3.64. The van der Waals surface area contributed by atoms with Gasteiger partial charge in [0.1, 0.15) is 0 Å². The molecule has 1 nitrogen and oxygen atoms in total. The van der Waals surface area contributed by atoms with Gasteiger partial charge in [0.15, 0.2) is 0 Å². The van der Waals surface area contributed by atoms with Crippen LogP contribution < -0.4 is 4.70 Å². The van der Waals surface area contributed by atoms with Crippen LogP contribution in [-0.4, -0.2) is 30.7 Å². The lowest BCUT2D eigenvalue weighted by atomic mass is 10.1. The average Bonchev–Trinajstić information content (AvgIpc) is 2.89. The van der Waals surface area contributed by atoms with Crippen LogP contribution in [0.3, 0.4) is 0 Å². The molecule has 1 aliphatic heterocycles. The fourth-order valence-corrected chi connectivity index (χ4v) is 3.64. The molecule has 1 fully saturated rings. The van der Waals surface area contributed by atoms with Gasteiger partial charge in [-0.25, -0.2) is 0 Å². The Balaban J connectivity index is 0.00000361. The highest BCUT2D eigenvalue weighted by molar-refractivity contribution is 4.56. The van der Waals surface area contributed by atoms with E-state index in [0.717, 1.165) is 0 Å². The normalized spacial score (nSPS) is 17.1. The number of hydrogen-bond acceptors (Lipinski definition) is 0. The Morgan fingerprint density at radius 3 is 1.60 bits per heavy atom. The monoisotopic (exact) mass is 287 g/mol. The molecule has 122 valence electrons. The molecule has 0 aliphatic carbocycles. The molecule has 1 saturated heterocycles. The molecule has 0 unspecified atom stereocenters. The molecule has 0 N–H and O–H groups in total. The van der Waals surface area contributed by atoms with Crippen molar-refractivity contribution in [3.8, 4) is 0 Å². The van der Waals surface area contributed by atoms with Gasteiger partial charge in [-0.3, -0.25) is 0 Å². The summed E-state index contributed by atoms with van der Waals surface area (Å²) in [4.78, 5) is 0. The lowest BCUT2D eigenvalue weighted by Gasteiger charge is -2.34. The summed E-state index contributed by atoms with van der Waals surface area (Å²) in [5, 5.41) is 0. The van der Waals surface area contributed by atoms with Crippen molar-refractivity contribution >= 4 is 0 Å². The predicted octanol–water partition coefficient (Wildman–Crippen LogP) is 2.54. The molecule has 1 rings (SSSR count). The first kappa shape index (κ1) is 19.9. The van der Waals surface area contributed by atoms with Gasteiger partial charge < -0.3 is 9.19 Å². The number of rotatable bonds is 12. The molecule has 0 atom stereocenters. The van der Waals surface area contributed by atoms with Crippen molar-refractivity contribution in [1.29, 1.82) is 0 Å². The SMILES string of the molecule is CCCCCCCCCC[N+]1(CCCC)CCCC1.[F-]. The van der Waals surface area contributed by atoms with Crippen molar-refractivity contribution < 1.29 is 9.19 Å². The third-order valence-electron chi connectivity index (χ3n) is 4.99. The third kappa shape index (κ3) is 8.24. The summed E-state index contributed by atoms with van der Waals surface area (Å²) in [6.45, 7) is 10.5. The zero-order chi connectivity index (χ0) is 13.8. The molecule has 0 amide bonds. The van der Waals surface area contributed by atoms with Crippen molar-refractivity contribution in [2.75, 3.05) is 26.2 Å². The number of hydrogen-bond donors (Lipinski definition) is 0. The molecule has 2 heteroatoms. The van der Waals surface area contributed by atoms with Gasteiger partial charge >= 0.3 is 0 Å². The number of unbranched alkanes of at least 4 members (excludes halogenated alkanes) is 8. The minimum Gasteiger partial charge on any atom is -1.00 e. The Kier molecular flexibility index (Phi) is 12.5. The molecule has 0 aromatic carbocycles. The largest absolute Gasteiger partial charge is 1.00 e. The van der Waals surface area contributed by atoms with E-state index < -0.39 is 0 Å². The molecule has 0 radical (unpaired) electrons. The van der Waals surface area contributed by atoms with Crippen LogP contribution in [0.4, 0.5) is 0 Å². The van der Waals surface area contributed by atoms with E-state index in [-0.39, 0.29) is 4.70 Å². The topological polar surface area (TPSA) is 0 Å². The molecule has 20 heavy (non-hydrogen) atoms. The lowest BCUT2D eigenvalue weighted by Crippen LogP contribution is -3.00. The summed E-state index contributed by atoms with van der Waals surface area (Å²) in [5.74, 6) is 0. The van der Waals surface area contributed by atoms with Crippen LogP contribution in [0.15, 0.2) is 0 Å². The van der Waals surface area contributed by atoms with Crippen molar-refractivity contribution in [2.45, 2.75) is 90.9 Å². The fraction of sp³-hybridized carbons (Fsp3) is 1.00. The Bertz CT molecular complexity index is 200. The Morgan fingerprint density at radius 2 is 1.05 bits per heavy atom. The highest BCUT2D eigenvalue weighted by atomic mass is 19.0. The molecule has 1 aliphatic rings. The Hall–Kier alpha value is -0.110. The first-order chi connectivity index (χ1) is 9.33. The van der Waals surface area contributed by atoms with Crippen molar-refractivity contribution in [2.24, 2.45) is 0 Å². The molecule has 0 spiro atoms. The quantitative estimate of drug-likeness (QED) is 0.382. The lowest BCUT2D eigenvalue weighted by molar-refractivity contribution is -0.917. The zero-order valence-corrected chi connectivity index (χ0v) is 14.1. The van der Waals surface area contributed by atoms with Crippen LogP contribution in [0, 0.1) is 0 Å². The molecule has 0 bridgehead atoms. The van der Waals surface area contributed by atoms with Gasteiger partial charge in [-0.15, -0.1) is 0 Å². The predicted molar refractivity (Wildman–Crippen MR) is 86.5 cm³/mol. The molecule has 0 aromatic rings. The Morgan fingerprint density at radius 1 is 0.600 bits per heavy atom. The van der Waals surface area contributed by atoms with Crippen LogP contribution in [0.2, 0.25) is 0 Å². The first-order valence-electron chi connectivity index (χ1n) is 9.18. The van der Waals surface area contributed by atoms with Gasteiger partial charge in [-0.2, -0.15) is 0 Å². The summed E-state index contributed by atoms with van der Waals surface area (Å²) in [5.41, 5.74) is 0. The number of quaternary nitrogens is 1. The van der Waals surface area contributed by atoms with E-state index in [1.807, 2.05) is 0 Å². The molecule has 0 saturated carbocycles. The maximum absolute atomic E-state index is 2.34. The molecule has 0 aromatic heterocycles. The summed E-state index contributed by atoms with van der Waals surface area (Å²) in [6, 6.07) is 0. The maximum atomic E-state index is 2.34. The summed E-state index contributed by atoms with van der Waals surface area (Å²) >= 11 is 0. The van der Waals surface area contributed by atoms with Crippen LogP contribution in [0.1, 0.15) is 90.9 Å². The van der Waals surface area contributed by atoms with E-state index in [1.165, 1.54) is 108 Å². The van der Waals surface area contributed by atoms with E-state index in [0.29, 0.717) is 0 Å². The van der Waals surface area contributed by atoms with E-state index in [4.69, 9.17) is 0 Å². The van der Waals surface area contributed by atoms with Gasteiger partial charge in [0, 0.05) is 12.8 Å². The highest BCUT2D eigenvalue weighted by Crippen LogP contribution is 2.22. The number of likely N-dealkylation sites (tertiary alicyclic amines) is 1. The van der Waals surface area contributed by atoms with Gasteiger partial charge in [0.2, 0.25) is 0 Å². The van der Waals surface area contributed by atoms with Crippen molar-refractivity contribution in [1.82, 2.24) is 0 Å². The summed E-state index contributed by atoms with van der Waals surface area (Å²) < 4.78 is 1.48. The minimum atomic E-state index is 0. The van der Waals surface area contributed by atoms with E-state index in [2.05, 4.69) is 13.8 Å². The van der Waals surface area contributed by atoms with Crippen LogP contribution in [-0.2, 0) is 0 Å². The summed E-state index contributed by atoms with van der Waals surface area (Å²) in [7, 11) is 0. The third-order valence-corrected chi connectivity index (χ3v) is 4.99. The van der Waals surface area contributed by atoms with Gasteiger partial charge in [-0.05, 0) is 19.3 Å². The van der Waals surface area contributed by atoms with Crippen molar-refractivity contribution in [3.05, 3.63) is 0 Å². The maximum Gasteiger partial charge on any atom is 0.0788 e. The van der Waals surface area contributed by atoms with Crippen LogP contribution >= 0.6 is 0 Å². The standard InChI is InChI=1S/C18H38N.FH/c1-3-5-7-8-9-10-11-12-16-19(15-6-4-2)17-13-14-18-19;/h3-18H2,1-2H3;1H/q+1;/p-1. The second kappa shape index (κ2) is 12.6. The van der Waals surface area contributed by atoms with E-state index in [1.54, 1.807) is 0 Å². The second-order valence-electron chi connectivity index (χ2n) is 6.77. The van der Waals surface area contributed by atoms with E-state index >= 15 is 0 Å². The molecular weight excluding hydrogens is 249 g/mol. The Labute approximate surface area is 127 Å². The average molecular weight is 288 g/mol. The zero-order valence-electron chi connectivity index (χ0n) is 14.1. The van der Waals surface area contributed by atoms with Crippen LogP contribution in [0.25, 0.3) is 0 Å². The van der Waals surface area contributed by atoms with Gasteiger partial charge in [0.05, 0.1) is 26.2 Å². The number of nitrogens with zero attached hydrogens (tertiary/aromatic N) is 1. The van der Waals surface area contributed by atoms with Crippen LogP contribution in [0.5, 0.6) is 0 Å². The summed E-state index contributed by atoms with van der Waals surface area (Å²) in [6.07, 6.45) is 17.5. The van der Waals surface area contributed by atoms with Gasteiger partial charge in [0.25, 0.3) is 0 Å². The minimum absolute atomic E-state index is 0. The first-order valence-corrected chi connectivity index (χ1v) is 9.18.